The number of aromatic nitrogens is 3. The lowest BCUT2D eigenvalue weighted by Gasteiger charge is -2.04. The highest BCUT2D eigenvalue weighted by Gasteiger charge is 2.15. The Bertz CT molecular complexity index is 1470. The van der Waals surface area contributed by atoms with Crippen LogP contribution in [0.2, 0.25) is 0 Å². The van der Waals surface area contributed by atoms with Crippen molar-refractivity contribution in [1.29, 1.82) is 0 Å². The SMILES string of the molecule is O=C(/C=C/c1cn(-c2ccccc2)nc1-c1cc2ccccc2o1)NCC(=O)Nc1cccnc1. The summed E-state index contributed by atoms with van der Waals surface area (Å²) in [6.45, 7) is -0.169. The highest BCUT2D eigenvalue weighted by atomic mass is 16.3. The lowest BCUT2D eigenvalue weighted by atomic mass is 10.2. The molecule has 0 saturated heterocycles. The van der Waals surface area contributed by atoms with E-state index in [1.807, 2.05) is 66.9 Å². The number of anilines is 1. The van der Waals surface area contributed by atoms with E-state index in [0.717, 1.165) is 16.7 Å². The molecule has 2 amide bonds. The average molecular weight is 463 g/mol. The molecule has 0 radical (unpaired) electrons. The molecule has 0 saturated carbocycles. The number of furan rings is 1. The van der Waals surface area contributed by atoms with E-state index in [4.69, 9.17) is 9.52 Å². The fraction of sp³-hybridized carbons (Fsp3) is 0.0370. The van der Waals surface area contributed by atoms with Gasteiger partial charge in [0.1, 0.15) is 11.3 Å². The van der Waals surface area contributed by atoms with Gasteiger partial charge < -0.3 is 15.1 Å². The normalized spacial score (nSPS) is 11.1. The van der Waals surface area contributed by atoms with Crippen LogP contribution in [0.1, 0.15) is 5.56 Å². The van der Waals surface area contributed by atoms with Crippen LogP contribution >= 0.6 is 0 Å². The van der Waals surface area contributed by atoms with Crippen molar-refractivity contribution in [2.24, 2.45) is 0 Å². The summed E-state index contributed by atoms with van der Waals surface area (Å²) in [4.78, 5) is 28.4. The second-order valence-electron chi connectivity index (χ2n) is 7.70. The first-order chi connectivity index (χ1) is 17.2. The number of fused-ring (bicyclic) bond motifs is 1. The topological polar surface area (TPSA) is 102 Å². The predicted molar refractivity (Wildman–Crippen MR) is 134 cm³/mol. The molecule has 0 atom stereocenters. The third-order valence-electron chi connectivity index (χ3n) is 5.20. The minimum Gasteiger partial charge on any atom is -0.454 e. The molecule has 0 bridgehead atoms. The molecule has 5 aromatic rings. The molecule has 2 N–H and O–H groups in total. The number of carbonyl (C=O) groups is 2. The Morgan fingerprint density at radius 3 is 2.63 bits per heavy atom. The van der Waals surface area contributed by atoms with Gasteiger partial charge in [-0.1, -0.05) is 36.4 Å². The van der Waals surface area contributed by atoms with Crippen molar-refractivity contribution in [2.45, 2.75) is 0 Å². The lowest BCUT2D eigenvalue weighted by molar-refractivity contribution is -0.121. The number of hydrogen-bond acceptors (Lipinski definition) is 5. The van der Waals surface area contributed by atoms with Crippen molar-refractivity contribution in [3.8, 4) is 17.1 Å². The van der Waals surface area contributed by atoms with Crippen LogP contribution in [0.15, 0.2) is 102 Å². The van der Waals surface area contributed by atoms with Gasteiger partial charge in [-0.2, -0.15) is 5.10 Å². The van der Waals surface area contributed by atoms with Gasteiger partial charge in [0.15, 0.2) is 5.76 Å². The minimum atomic E-state index is -0.408. The Hall–Kier alpha value is -4.98. The summed E-state index contributed by atoms with van der Waals surface area (Å²) in [6, 6.07) is 22.7. The molecule has 8 nitrogen and oxygen atoms in total. The molecule has 2 aromatic carbocycles. The Morgan fingerprint density at radius 2 is 1.83 bits per heavy atom. The number of nitrogens with one attached hydrogen (secondary N) is 2. The fourth-order valence-corrected chi connectivity index (χ4v) is 3.55. The summed E-state index contributed by atoms with van der Waals surface area (Å²) in [5.41, 5.74) is 3.49. The van der Waals surface area contributed by atoms with E-state index in [9.17, 15) is 9.59 Å². The van der Waals surface area contributed by atoms with Crippen LogP contribution in [0, 0.1) is 0 Å². The van der Waals surface area contributed by atoms with E-state index in [1.165, 1.54) is 12.3 Å². The summed E-state index contributed by atoms with van der Waals surface area (Å²) >= 11 is 0. The van der Waals surface area contributed by atoms with Crippen LogP contribution in [0.4, 0.5) is 5.69 Å². The monoisotopic (exact) mass is 463 g/mol. The number of nitrogens with zero attached hydrogens (tertiary/aromatic N) is 3. The van der Waals surface area contributed by atoms with Gasteiger partial charge >= 0.3 is 0 Å². The fourth-order valence-electron chi connectivity index (χ4n) is 3.55. The van der Waals surface area contributed by atoms with Gasteiger partial charge in [-0.3, -0.25) is 14.6 Å². The van der Waals surface area contributed by atoms with Gasteiger partial charge in [-0.05, 0) is 42.5 Å². The Kier molecular flexibility index (Phi) is 6.17. The molecule has 0 unspecified atom stereocenters. The van der Waals surface area contributed by atoms with Gasteiger partial charge in [0.05, 0.1) is 24.1 Å². The second kappa shape index (κ2) is 9.88. The molecule has 0 aliphatic carbocycles. The highest BCUT2D eigenvalue weighted by Crippen LogP contribution is 2.30. The van der Waals surface area contributed by atoms with Crippen molar-refractivity contribution in [3.05, 3.63) is 103 Å². The van der Waals surface area contributed by atoms with E-state index in [2.05, 4.69) is 15.6 Å². The zero-order valence-corrected chi connectivity index (χ0v) is 18.6. The van der Waals surface area contributed by atoms with Crippen molar-refractivity contribution in [3.63, 3.8) is 0 Å². The molecule has 0 spiro atoms. The maximum atomic E-state index is 12.4. The van der Waals surface area contributed by atoms with Gasteiger partial charge in [0, 0.05) is 29.4 Å². The molecule has 0 aliphatic heterocycles. The van der Waals surface area contributed by atoms with Crippen LogP contribution < -0.4 is 10.6 Å². The zero-order chi connectivity index (χ0) is 24.0. The first-order valence-electron chi connectivity index (χ1n) is 11.0. The first-order valence-corrected chi connectivity index (χ1v) is 11.0. The maximum Gasteiger partial charge on any atom is 0.244 e. The van der Waals surface area contributed by atoms with Crippen LogP contribution in [0.25, 0.3) is 34.2 Å². The third-order valence-corrected chi connectivity index (χ3v) is 5.20. The number of benzene rings is 2. The number of pyridine rings is 1. The summed E-state index contributed by atoms with van der Waals surface area (Å²) in [6.07, 6.45) is 8.00. The van der Waals surface area contributed by atoms with Crippen molar-refractivity contribution in [2.75, 3.05) is 11.9 Å². The van der Waals surface area contributed by atoms with Crippen molar-refractivity contribution in [1.82, 2.24) is 20.1 Å². The molecule has 172 valence electrons. The molecule has 3 heterocycles. The number of para-hydroxylation sites is 2. The Balaban J connectivity index is 1.35. The minimum absolute atomic E-state index is 0.169. The summed E-state index contributed by atoms with van der Waals surface area (Å²) in [7, 11) is 0. The molecular formula is C27H21N5O3. The first kappa shape index (κ1) is 21.8. The van der Waals surface area contributed by atoms with E-state index < -0.39 is 5.91 Å². The number of rotatable bonds is 7. The van der Waals surface area contributed by atoms with Crippen LogP contribution in [0.5, 0.6) is 0 Å². The van der Waals surface area contributed by atoms with E-state index in [1.54, 1.807) is 29.1 Å². The lowest BCUT2D eigenvalue weighted by Crippen LogP contribution is -2.31. The largest absolute Gasteiger partial charge is 0.454 e. The van der Waals surface area contributed by atoms with Gasteiger partial charge in [0.25, 0.3) is 0 Å². The van der Waals surface area contributed by atoms with Crippen LogP contribution in [-0.2, 0) is 9.59 Å². The molecule has 8 heteroatoms. The molecular weight excluding hydrogens is 442 g/mol. The Morgan fingerprint density at radius 1 is 1.00 bits per heavy atom. The Labute approximate surface area is 200 Å². The number of amides is 2. The standard InChI is InChI=1S/C27H21N5O3/c33-25(29-17-26(34)30-21-8-6-14-28-16-21)13-12-20-18-32(22-9-2-1-3-10-22)31-27(20)24-15-19-7-4-5-11-23(19)35-24/h1-16,18H,17H2,(H,29,33)(H,30,34)/b13-12+. The van der Waals surface area contributed by atoms with Gasteiger partial charge in [0.2, 0.25) is 11.8 Å². The van der Waals surface area contributed by atoms with Crippen molar-refractivity contribution >= 4 is 34.5 Å². The third kappa shape index (κ3) is 5.17. The van der Waals surface area contributed by atoms with Crippen LogP contribution in [0.3, 0.4) is 0 Å². The zero-order valence-electron chi connectivity index (χ0n) is 18.6. The highest BCUT2D eigenvalue weighted by molar-refractivity contribution is 5.98. The number of hydrogen-bond donors (Lipinski definition) is 2. The van der Waals surface area contributed by atoms with Gasteiger partial charge in [-0.15, -0.1) is 0 Å². The van der Waals surface area contributed by atoms with Gasteiger partial charge in [-0.25, -0.2) is 4.68 Å². The van der Waals surface area contributed by atoms with E-state index >= 15 is 0 Å². The molecule has 5 rings (SSSR count). The number of carbonyl (C=O) groups excluding carboxylic acids is 2. The maximum absolute atomic E-state index is 12.4. The van der Waals surface area contributed by atoms with Crippen LogP contribution in [-0.4, -0.2) is 33.1 Å². The second-order valence-corrected chi connectivity index (χ2v) is 7.70. The summed E-state index contributed by atoms with van der Waals surface area (Å²) in [5, 5.41) is 10.9. The molecule has 3 aromatic heterocycles. The average Bonchev–Trinajstić information content (AvgIpc) is 3.52. The molecule has 0 aliphatic rings. The molecule has 0 fully saturated rings. The smallest absolute Gasteiger partial charge is 0.244 e. The predicted octanol–water partition coefficient (Wildman–Crippen LogP) is 4.45. The van der Waals surface area contributed by atoms with Crippen molar-refractivity contribution < 1.29 is 14.0 Å². The van der Waals surface area contributed by atoms with E-state index in [0.29, 0.717) is 22.7 Å². The molecule has 35 heavy (non-hydrogen) atoms. The quantitative estimate of drug-likeness (QED) is 0.347. The summed E-state index contributed by atoms with van der Waals surface area (Å²) < 4.78 is 7.76. The van der Waals surface area contributed by atoms with E-state index in [-0.39, 0.29) is 12.5 Å². The summed E-state index contributed by atoms with van der Waals surface area (Å²) in [5.74, 6) is -0.161.